The van der Waals surface area contributed by atoms with Gasteiger partial charge < -0.3 is 14.8 Å². The largest absolute Gasteiger partial charge is 0.497 e. The molecule has 1 aromatic carbocycles. The maximum atomic E-state index is 12.3. The van der Waals surface area contributed by atoms with Crippen molar-refractivity contribution in [1.82, 2.24) is 10.3 Å². The SMILES string of the molecule is CCOC(=O)c1cc(C)c2c(n1)=C(C(C)(C)C)CC(NCc1ccc(OC)cc1)C=2. The molecule has 1 aromatic heterocycles. The van der Waals surface area contributed by atoms with E-state index in [2.05, 4.69) is 44.3 Å². The molecule has 2 aromatic rings. The maximum absolute atomic E-state index is 12.3. The number of benzene rings is 1. The molecule has 0 fully saturated rings. The summed E-state index contributed by atoms with van der Waals surface area (Å²) in [6, 6.07) is 10.1. The van der Waals surface area contributed by atoms with Crippen LogP contribution in [-0.2, 0) is 11.3 Å². The first-order valence-electron chi connectivity index (χ1n) is 10.5. The minimum Gasteiger partial charge on any atom is -0.497 e. The zero-order valence-electron chi connectivity index (χ0n) is 18.8. The van der Waals surface area contributed by atoms with Gasteiger partial charge in [-0.1, -0.05) is 39.0 Å². The number of pyridine rings is 1. The summed E-state index contributed by atoms with van der Waals surface area (Å²) in [6.07, 6.45) is 3.09. The van der Waals surface area contributed by atoms with Crippen molar-refractivity contribution in [2.45, 2.75) is 53.6 Å². The molecule has 30 heavy (non-hydrogen) atoms. The summed E-state index contributed by atoms with van der Waals surface area (Å²) in [5.74, 6) is 0.496. The van der Waals surface area contributed by atoms with E-state index in [1.807, 2.05) is 32.0 Å². The van der Waals surface area contributed by atoms with Gasteiger partial charge in [-0.25, -0.2) is 9.78 Å². The summed E-state index contributed by atoms with van der Waals surface area (Å²) in [5.41, 5.74) is 3.82. The molecule has 0 radical (unpaired) electrons. The van der Waals surface area contributed by atoms with E-state index in [1.54, 1.807) is 7.11 Å². The van der Waals surface area contributed by atoms with E-state index in [0.29, 0.717) is 12.3 Å². The zero-order valence-corrected chi connectivity index (χ0v) is 18.8. The highest BCUT2D eigenvalue weighted by atomic mass is 16.5. The summed E-state index contributed by atoms with van der Waals surface area (Å²) in [4.78, 5) is 17.0. The number of carbonyl (C=O) groups is 1. The van der Waals surface area contributed by atoms with Crippen LogP contribution >= 0.6 is 0 Å². The average molecular weight is 409 g/mol. The van der Waals surface area contributed by atoms with Crippen LogP contribution in [0.15, 0.2) is 30.3 Å². The lowest BCUT2D eigenvalue weighted by atomic mass is 9.79. The maximum Gasteiger partial charge on any atom is 0.356 e. The number of nitrogens with one attached hydrogen (secondary N) is 1. The van der Waals surface area contributed by atoms with E-state index in [0.717, 1.165) is 34.8 Å². The molecule has 0 spiro atoms. The number of rotatable bonds is 6. The molecule has 1 aliphatic carbocycles. The number of ether oxygens (including phenoxy) is 2. The number of hydrogen-bond donors (Lipinski definition) is 1. The molecule has 1 heterocycles. The predicted molar refractivity (Wildman–Crippen MR) is 120 cm³/mol. The monoisotopic (exact) mass is 408 g/mol. The topological polar surface area (TPSA) is 60.5 Å². The molecule has 0 aliphatic heterocycles. The van der Waals surface area contributed by atoms with Gasteiger partial charge in [0.15, 0.2) is 0 Å². The van der Waals surface area contributed by atoms with Crippen molar-refractivity contribution in [2.75, 3.05) is 13.7 Å². The number of aryl methyl sites for hydroxylation is 1. The standard InChI is InChI=1S/C25H32N2O3/c1-7-30-24(28)22-12-16(2)20-13-18(14-21(23(20)27-22)25(3,4)5)26-15-17-8-10-19(29-6)11-9-17/h8-13,18,26H,7,14-15H2,1-6H3. The summed E-state index contributed by atoms with van der Waals surface area (Å²) < 4.78 is 10.4. The van der Waals surface area contributed by atoms with Crippen LogP contribution in [-0.4, -0.2) is 30.7 Å². The highest BCUT2D eigenvalue weighted by molar-refractivity contribution is 5.87. The number of carbonyl (C=O) groups excluding carboxylic acids is 1. The Morgan fingerprint density at radius 3 is 2.53 bits per heavy atom. The van der Waals surface area contributed by atoms with Crippen LogP contribution in [0, 0.1) is 12.3 Å². The lowest BCUT2D eigenvalue weighted by Crippen LogP contribution is -2.45. The fourth-order valence-corrected chi connectivity index (χ4v) is 3.79. The molecule has 0 amide bonds. The lowest BCUT2D eigenvalue weighted by molar-refractivity contribution is 0.0519. The van der Waals surface area contributed by atoms with Gasteiger partial charge in [-0.05, 0) is 60.6 Å². The second-order valence-electron chi connectivity index (χ2n) is 8.74. The molecule has 0 bridgehead atoms. The smallest absolute Gasteiger partial charge is 0.356 e. The van der Waals surface area contributed by atoms with Crippen LogP contribution in [0.4, 0.5) is 0 Å². The first-order valence-corrected chi connectivity index (χ1v) is 10.5. The molecule has 5 nitrogen and oxygen atoms in total. The van der Waals surface area contributed by atoms with Gasteiger partial charge >= 0.3 is 5.97 Å². The first kappa shape index (κ1) is 22.0. The second-order valence-corrected chi connectivity index (χ2v) is 8.74. The minimum atomic E-state index is -0.364. The Labute approximate surface area is 178 Å². The fourth-order valence-electron chi connectivity index (χ4n) is 3.79. The lowest BCUT2D eigenvalue weighted by Gasteiger charge is -2.29. The van der Waals surface area contributed by atoms with Crippen LogP contribution in [0.5, 0.6) is 5.75 Å². The predicted octanol–water partition coefficient (Wildman–Crippen LogP) is 3.11. The second kappa shape index (κ2) is 9.00. The molecular weight excluding hydrogens is 376 g/mol. The van der Waals surface area contributed by atoms with Crippen LogP contribution in [0.1, 0.15) is 55.7 Å². The zero-order chi connectivity index (χ0) is 21.9. The van der Waals surface area contributed by atoms with Crippen molar-refractivity contribution in [1.29, 1.82) is 0 Å². The molecular formula is C25H32N2O3. The van der Waals surface area contributed by atoms with Gasteiger partial charge in [-0.15, -0.1) is 0 Å². The normalized spacial score (nSPS) is 15.9. The third-order valence-corrected chi connectivity index (χ3v) is 5.46. The van der Waals surface area contributed by atoms with Gasteiger partial charge in [0.1, 0.15) is 11.4 Å². The van der Waals surface area contributed by atoms with Gasteiger partial charge in [-0.2, -0.15) is 0 Å². The molecule has 0 saturated carbocycles. The fraction of sp³-hybridized carbons (Fsp3) is 0.440. The van der Waals surface area contributed by atoms with Crippen molar-refractivity contribution in [3.63, 3.8) is 0 Å². The molecule has 1 N–H and O–H groups in total. The molecule has 3 rings (SSSR count). The van der Waals surface area contributed by atoms with E-state index in [9.17, 15) is 4.79 Å². The number of hydrogen-bond acceptors (Lipinski definition) is 5. The van der Waals surface area contributed by atoms with Crippen LogP contribution in [0.25, 0.3) is 11.6 Å². The number of methoxy groups -OCH3 is 1. The van der Waals surface area contributed by atoms with Gasteiger partial charge in [-0.3, -0.25) is 0 Å². The summed E-state index contributed by atoms with van der Waals surface area (Å²) in [5, 5.41) is 5.69. The Kier molecular flexibility index (Phi) is 6.61. The highest BCUT2D eigenvalue weighted by Crippen LogP contribution is 2.30. The van der Waals surface area contributed by atoms with Gasteiger partial charge in [0.05, 0.1) is 19.1 Å². The van der Waals surface area contributed by atoms with E-state index in [4.69, 9.17) is 14.5 Å². The number of aromatic nitrogens is 1. The average Bonchev–Trinajstić information content (AvgIpc) is 2.71. The quantitative estimate of drug-likeness (QED) is 0.745. The van der Waals surface area contributed by atoms with Crippen molar-refractivity contribution >= 4 is 17.6 Å². The van der Waals surface area contributed by atoms with Crippen molar-refractivity contribution < 1.29 is 14.3 Å². The van der Waals surface area contributed by atoms with E-state index < -0.39 is 0 Å². The molecule has 1 aliphatic rings. The third-order valence-electron chi connectivity index (χ3n) is 5.46. The first-order chi connectivity index (χ1) is 14.2. The highest BCUT2D eigenvalue weighted by Gasteiger charge is 2.26. The third kappa shape index (κ3) is 4.90. The molecule has 1 atom stereocenters. The van der Waals surface area contributed by atoms with Crippen LogP contribution in [0.2, 0.25) is 0 Å². The van der Waals surface area contributed by atoms with Crippen molar-refractivity contribution in [3.8, 4) is 5.75 Å². The number of esters is 1. The molecule has 0 saturated heterocycles. The summed E-state index contributed by atoms with van der Waals surface area (Å²) >= 11 is 0. The van der Waals surface area contributed by atoms with Gasteiger partial charge in [0.2, 0.25) is 0 Å². The Morgan fingerprint density at radius 1 is 1.23 bits per heavy atom. The Bertz CT molecular complexity index is 1030. The van der Waals surface area contributed by atoms with Gasteiger partial charge in [0.25, 0.3) is 0 Å². The molecule has 1 unspecified atom stereocenters. The molecule has 160 valence electrons. The minimum absolute atomic E-state index is 0.0597. The summed E-state index contributed by atoms with van der Waals surface area (Å²) in [7, 11) is 1.68. The Hall–Kier alpha value is -2.66. The number of fused-ring (bicyclic) bond motifs is 1. The van der Waals surface area contributed by atoms with E-state index in [-0.39, 0.29) is 17.4 Å². The Morgan fingerprint density at radius 2 is 1.93 bits per heavy atom. The summed E-state index contributed by atoms with van der Waals surface area (Å²) in [6.45, 7) is 11.6. The molecule has 5 heteroatoms. The van der Waals surface area contributed by atoms with Gasteiger partial charge in [0, 0.05) is 17.8 Å². The van der Waals surface area contributed by atoms with Crippen LogP contribution in [0.3, 0.4) is 0 Å². The van der Waals surface area contributed by atoms with E-state index >= 15 is 0 Å². The Balaban J connectivity index is 1.95. The van der Waals surface area contributed by atoms with E-state index in [1.165, 1.54) is 11.1 Å². The number of nitrogens with zero attached hydrogens (tertiary/aromatic N) is 1. The van der Waals surface area contributed by atoms with Crippen LogP contribution < -0.4 is 20.6 Å². The van der Waals surface area contributed by atoms with Crippen molar-refractivity contribution in [3.05, 3.63) is 57.7 Å². The van der Waals surface area contributed by atoms with Crippen molar-refractivity contribution in [2.24, 2.45) is 5.41 Å².